The first-order valence-corrected chi connectivity index (χ1v) is 28.6. The average Bonchev–Trinajstić information content (AvgIpc) is 3.29. The van der Waals surface area contributed by atoms with Crippen molar-refractivity contribution in [2.45, 2.75) is 321 Å². The second-order valence-electron chi connectivity index (χ2n) is 19.6. The Labute approximate surface area is 399 Å². The Hall–Kier alpha value is -1.66. The minimum absolute atomic E-state index is 0.00911. The smallest absolute Gasteiger partial charge is 0.305 e. The van der Waals surface area contributed by atoms with Crippen molar-refractivity contribution in [3.63, 3.8) is 0 Å². The van der Waals surface area contributed by atoms with Gasteiger partial charge < -0.3 is 20.3 Å². The van der Waals surface area contributed by atoms with Crippen molar-refractivity contribution in [1.82, 2.24) is 5.32 Å². The number of carbonyl (C=O) groups excluding carboxylic acids is 2. The number of aliphatic hydroxyl groups is 2. The highest BCUT2D eigenvalue weighted by Crippen LogP contribution is 2.17. The fourth-order valence-electron chi connectivity index (χ4n) is 8.85. The molecule has 6 nitrogen and oxygen atoms in total. The summed E-state index contributed by atoms with van der Waals surface area (Å²) >= 11 is 0. The van der Waals surface area contributed by atoms with E-state index in [9.17, 15) is 19.8 Å². The van der Waals surface area contributed by atoms with Gasteiger partial charge in [0.25, 0.3) is 0 Å². The van der Waals surface area contributed by atoms with E-state index in [-0.39, 0.29) is 18.5 Å². The van der Waals surface area contributed by atoms with Crippen LogP contribution < -0.4 is 5.32 Å². The fourth-order valence-corrected chi connectivity index (χ4v) is 8.85. The summed E-state index contributed by atoms with van der Waals surface area (Å²) in [5, 5.41) is 23.3. The van der Waals surface area contributed by atoms with Crippen molar-refractivity contribution in [3.05, 3.63) is 24.3 Å². The van der Waals surface area contributed by atoms with Crippen LogP contribution in [0.2, 0.25) is 0 Å². The maximum absolute atomic E-state index is 12.5. The lowest BCUT2D eigenvalue weighted by molar-refractivity contribution is -0.143. The zero-order valence-electron chi connectivity index (χ0n) is 43.0. The Bertz CT molecular complexity index is 997. The highest BCUT2D eigenvalue weighted by molar-refractivity contribution is 5.76. The van der Waals surface area contributed by atoms with E-state index < -0.39 is 12.1 Å². The number of ether oxygens (including phenoxy) is 1. The molecule has 6 heteroatoms. The van der Waals surface area contributed by atoms with Gasteiger partial charge in [-0.15, -0.1) is 0 Å². The first-order chi connectivity index (χ1) is 31.5. The van der Waals surface area contributed by atoms with Gasteiger partial charge in [0.2, 0.25) is 5.91 Å². The average molecular weight is 903 g/mol. The Morgan fingerprint density at radius 3 is 1.20 bits per heavy atom. The van der Waals surface area contributed by atoms with E-state index in [1.807, 2.05) is 0 Å². The Balaban J connectivity index is 3.43. The number of nitrogens with one attached hydrogen (secondary N) is 1. The van der Waals surface area contributed by atoms with Gasteiger partial charge in [0.15, 0.2) is 0 Å². The molecule has 2 unspecified atom stereocenters. The molecular weight excluding hydrogens is 791 g/mol. The maximum Gasteiger partial charge on any atom is 0.305 e. The van der Waals surface area contributed by atoms with Crippen LogP contribution in [0, 0.1) is 0 Å². The Kier molecular flexibility index (Phi) is 52.6. The van der Waals surface area contributed by atoms with E-state index in [1.165, 1.54) is 218 Å². The van der Waals surface area contributed by atoms with E-state index >= 15 is 0 Å². The zero-order chi connectivity index (χ0) is 46.5. The largest absolute Gasteiger partial charge is 0.466 e. The molecule has 0 heterocycles. The molecular formula is C58H111NO5. The quantitative estimate of drug-likeness (QED) is 0.0321. The molecule has 0 aromatic carbocycles. The van der Waals surface area contributed by atoms with E-state index in [0.29, 0.717) is 25.9 Å². The van der Waals surface area contributed by atoms with E-state index in [1.54, 1.807) is 0 Å². The van der Waals surface area contributed by atoms with Gasteiger partial charge in [-0.25, -0.2) is 0 Å². The van der Waals surface area contributed by atoms with Crippen LogP contribution in [0.3, 0.4) is 0 Å². The molecule has 3 N–H and O–H groups in total. The van der Waals surface area contributed by atoms with Crippen molar-refractivity contribution < 1.29 is 24.5 Å². The molecule has 0 aliphatic heterocycles. The number of aliphatic hydroxyl groups excluding tert-OH is 2. The van der Waals surface area contributed by atoms with Gasteiger partial charge in [-0.2, -0.15) is 0 Å². The van der Waals surface area contributed by atoms with Gasteiger partial charge in [0, 0.05) is 12.8 Å². The van der Waals surface area contributed by atoms with E-state index in [2.05, 4.69) is 43.5 Å². The molecule has 378 valence electrons. The summed E-state index contributed by atoms with van der Waals surface area (Å²) in [5.74, 6) is -0.0536. The molecule has 0 rings (SSSR count). The van der Waals surface area contributed by atoms with Crippen LogP contribution >= 0.6 is 0 Å². The van der Waals surface area contributed by atoms with E-state index in [4.69, 9.17) is 4.74 Å². The van der Waals surface area contributed by atoms with Crippen molar-refractivity contribution in [2.75, 3.05) is 13.2 Å². The predicted molar refractivity (Wildman–Crippen MR) is 278 cm³/mol. The third kappa shape index (κ3) is 49.8. The number of rotatable bonds is 53. The zero-order valence-corrected chi connectivity index (χ0v) is 43.0. The lowest BCUT2D eigenvalue weighted by Crippen LogP contribution is -2.45. The number of esters is 1. The number of unbranched alkanes of at least 4 members (excludes halogenated alkanes) is 38. The second-order valence-corrected chi connectivity index (χ2v) is 19.6. The third-order valence-electron chi connectivity index (χ3n) is 13.3. The standard InChI is InChI=1S/C58H111NO5/c1-3-5-7-9-11-13-15-17-19-20-21-23-28-32-36-40-44-48-52-58(63)64-53-49-45-41-37-33-29-25-24-27-31-35-39-43-47-51-57(62)59-55(54-60)56(61)50-46-42-38-34-30-26-22-18-16-14-12-10-8-6-4-2/h13,15,19-20,55-56,60-61H,3-12,14,16-18,21-54H2,1-2H3,(H,59,62)/b15-13-,20-19-. The molecule has 0 saturated carbocycles. The van der Waals surface area contributed by atoms with Crippen LogP contribution in [0.5, 0.6) is 0 Å². The summed E-state index contributed by atoms with van der Waals surface area (Å²) in [6.07, 6.45) is 64.4. The Morgan fingerprint density at radius 1 is 0.438 bits per heavy atom. The predicted octanol–water partition coefficient (Wildman–Crippen LogP) is 17.5. The first kappa shape index (κ1) is 62.3. The normalized spacial score (nSPS) is 12.8. The minimum Gasteiger partial charge on any atom is -0.466 e. The molecule has 0 aromatic heterocycles. The van der Waals surface area contributed by atoms with Crippen LogP contribution in [0.15, 0.2) is 24.3 Å². The molecule has 2 atom stereocenters. The summed E-state index contributed by atoms with van der Waals surface area (Å²) in [7, 11) is 0. The van der Waals surface area contributed by atoms with Gasteiger partial charge in [0.1, 0.15) is 0 Å². The highest BCUT2D eigenvalue weighted by atomic mass is 16.5. The fraction of sp³-hybridized carbons (Fsp3) is 0.897. The lowest BCUT2D eigenvalue weighted by Gasteiger charge is -2.22. The van der Waals surface area contributed by atoms with Crippen LogP contribution in [0.25, 0.3) is 0 Å². The van der Waals surface area contributed by atoms with Gasteiger partial charge in [-0.3, -0.25) is 9.59 Å². The number of allylic oxidation sites excluding steroid dienone is 4. The number of carbonyl (C=O) groups is 2. The highest BCUT2D eigenvalue weighted by Gasteiger charge is 2.20. The van der Waals surface area contributed by atoms with Crippen LogP contribution in [0.4, 0.5) is 0 Å². The van der Waals surface area contributed by atoms with Crippen LogP contribution in [-0.2, 0) is 14.3 Å². The topological polar surface area (TPSA) is 95.9 Å². The SMILES string of the molecule is CCCCCC/C=C\C/C=C\CCCCCCCCCC(=O)OCCCCCCCCCCCCCCCCC(=O)NC(CO)C(O)CCCCCCCCCCCCCCCCC. The second kappa shape index (κ2) is 54.0. The molecule has 0 spiro atoms. The summed E-state index contributed by atoms with van der Waals surface area (Å²) in [6.45, 7) is 4.92. The molecule has 0 aliphatic carbocycles. The lowest BCUT2D eigenvalue weighted by atomic mass is 10.0. The molecule has 0 aliphatic rings. The van der Waals surface area contributed by atoms with E-state index in [0.717, 1.165) is 57.8 Å². The number of amides is 1. The van der Waals surface area contributed by atoms with Crippen LogP contribution in [-0.4, -0.2) is 47.4 Å². The molecule has 0 aromatic rings. The minimum atomic E-state index is -0.671. The van der Waals surface area contributed by atoms with Crippen molar-refractivity contribution in [2.24, 2.45) is 0 Å². The number of hydrogen-bond donors (Lipinski definition) is 3. The molecule has 1 amide bonds. The molecule has 0 bridgehead atoms. The Morgan fingerprint density at radius 2 is 0.781 bits per heavy atom. The maximum atomic E-state index is 12.5. The van der Waals surface area contributed by atoms with Gasteiger partial charge in [-0.05, 0) is 57.8 Å². The third-order valence-corrected chi connectivity index (χ3v) is 13.3. The number of hydrogen-bond acceptors (Lipinski definition) is 5. The monoisotopic (exact) mass is 902 g/mol. The molecule has 0 radical (unpaired) electrons. The summed E-state index contributed by atoms with van der Waals surface area (Å²) in [6, 6.07) is -0.549. The van der Waals surface area contributed by atoms with Gasteiger partial charge in [-0.1, -0.05) is 263 Å². The van der Waals surface area contributed by atoms with Crippen molar-refractivity contribution in [3.8, 4) is 0 Å². The van der Waals surface area contributed by atoms with Crippen molar-refractivity contribution in [1.29, 1.82) is 0 Å². The van der Waals surface area contributed by atoms with Crippen LogP contribution in [0.1, 0.15) is 309 Å². The molecule has 0 fully saturated rings. The van der Waals surface area contributed by atoms with Gasteiger partial charge in [0.05, 0.1) is 25.4 Å². The molecule has 0 saturated heterocycles. The molecule has 64 heavy (non-hydrogen) atoms. The summed E-state index contributed by atoms with van der Waals surface area (Å²) in [4.78, 5) is 24.5. The summed E-state index contributed by atoms with van der Waals surface area (Å²) in [5.41, 5.74) is 0. The first-order valence-electron chi connectivity index (χ1n) is 28.6. The van der Waals surface area contributed by atoms with Crippen molar-refractivity contribution >= 4 is 11.9 Å². The summed E-state index contributed by atoms with van der Waals surface area (Å²) < 4.78 is 5.48. The van der Waals surface area contributed by atoms with Gasteiger partial charge >= 0.3 is 5.97 Å².